The van der Waals surface area contributed by atoms with Gasteiger partial charge in [-0.2, -0.15) is 0 Å². The monoisotopic (exact) mass is 227 g/mol. The molecule has 0 bridgehead atoms. The predicted octanol–water partition coefficient (Wildman–Crippen LogP) is 2.89. The van der Waals surface area contributed by atoms with Crippen LogP contribution in [0.3, 0.4) is 0 Å². The zero-order valence-corrected chi connectivity index (χ0v) is 10.8. The maximum Gasteiger partial charge on any atom is 0.323 e. The molecule has 0 radical (unpaired) electrons. The molecule has 1 N–H and O–H groups in total. The number of carboxylic acids is 1. The highest BCUT2D eigenvalue weighted by Crippen LogP contribution is 2.32. The molecule has 1 fully saturated rings. The van der Waals surface area contributed by atoms with Crippen LogP contribution in [-0.2, 0) is 4.79 Å². The molecular weight excluding hydrogens is 202 g/mol. The van der Waals surface area contributed by atoms with E-state index in [0.717, 1.165) is 45.1 Å². The molecule has 1 heterocycles. The first-order valence-electron chi connectivity index (χ1n) is 6.56. The van der Waals surface area contributed by atoms with Crippen molar-refractivity contribution in [3.63, 3.8) is 0 Å². The van der Waals surface area contributed by atoms with Gasteiger partial charge in [0.15, 0.2) is 0 Å². The van der Waals surface area contributed by atoms with E-state index in [4.69, 9.17) is 0 Å². The van der Waals surface area contributed by atoms with E-state index in [2.05, 4.69) is 18.7 Å². The molecule has 1 saturated heterocycles. The van der Waals surface area contributed by atoms with Crippen LogP contribution in [0.1, 0.15) is 59.3 Å². The van der Waals surface area contributed by atoms with Crippen LogP contribution in [0.2, 0.25) is 0 Å². The van der Waals surface area contributed by atoms with Crippen molar-refractivity contribution < 1.29 is 9.90 Å². The van der Waals surface area contributed by atoms with Gasteiger partial charge in [-0.05, 0) is 45.6 Å². The highest BCUT2D eigenvalue weighted by molar-refractivity contribution is 5.78. The SMILES string of the molecule is CCCC(CC)N1CCCCC1(C)C(=O)O. The first-order chi connectivity index (χ1) is 7.56. The van der Waals surface area contributed by atoms with Crippen LogP contribution in [0, 0.1) is 0 Å². The maximum atomic E-state index is 11.5. The molecule has 0 aromatic rings. The van der Waals surface area contributed by atoms with Crippen molar-refractivity contribution in [3.8, 4) is 0 Å². The third kappa shape index (κ3) is 2.57. The Morgan fingerprint density at radius 1 is 1.44 bits per heavy atom. The van der Waals surface area contributed by atoms with Crippen molar-refractivity contribution in [2.45, 2.75) is 70.9 Å². The highest BCUT2D eigenvalue weighted by Gasteiger charge is 2.43. The lowest BCUT2D eigenvalue weighted by Gasteiger charge is -2.46. The van der Waals surface area contributed by atoms with Crippen LogP contribution >= 0.6 is 0 Å². The highest BCUT2D eigenvalue weighted by atomic mass is 16.4. The van der Waals surface area contributed by atoms with E-state index in [1.165, 1.54) is 0 Å². The van der Waals surface area contributed by atoms with Gasteiger partial charge in [0.1, 0.15) is 5.54 Å². The Balaban J connectivity index is 2.83. The first kappa shape index (κ1) is 13.5. The molecule has 2 atom stereocenters. The predicted molar refractivity (Wildman–Crippen MR) is 65.6 cm³/mol. The summed E-state index contributed by atoms with van der Waals surface area (Å²) in [4.78, 5) is 13.7. The van der Waals surface area contributed by atoms with Crippen LogP contribution in [0.5, 0.6) is 0 Å². The number of nitrogens with zero attached hydrogens (tertiary/aromatic N) is 1. The zero-order chi connectivity index (χ0) is 12.2. The van der Waals surface area contributed by atoms with Crippen molar-refractivity contribution in [1.82, 2.24) is 4.90 Å². The quantitative estimate of drug-likeness (QED) is 0.785. The Bertz CT molecular complexity index is 242. The Morgan fingerprint density at radius 2 is 2.12 bits per heavy atom. The molecule has 0 aromatic carbocycles. The van der Waals surface area contributed by atoms with E-state index >= 15 is 0 Å². The fourth-order valence-corrected chi connectivity index (χ4v) is 2.87. The Hall–Kier alpha value is -0.570. The summed E-state index contributed by atoms with van der Waals surface area (Å²) < 4.78 is 0. The van der Waals surface area contributed by atoms with E-state index in [-0.39, 0.29) is 0 Å². The minimum absolute atomic E-state index is 0.436. The van der Waals surface area contributed by atoms with Crippen LogP contribution in [0.15, 0.2) is 0 Å². The van der Waals surface area contributed by atoms with Crippen molar-refractivity contribution in [1.29, 1.82) is 0 Å². The van der Waals surface area contributed by atoms with E-state index in [0.29, 0.717) is 6.04 Å². The molecule has 1 aliphatic heterocycles. The van der Waals surface area contributed by atoms with Gasteiger partial charge in [-0.15, -0.1) is 0 Å². The van der Waals surface area contributed by atoms with Crippen LogP contribution < -0.4 is 0 Å². The summed E-state index contributed by atoms with van der Waals surface area (Å²) >= 11 is 0. The molecule has 0 amide bonds. The molecule has 3 nitrogen and oxygen atoms in total. The number of hydrogen-bond donors (Lipinski definition) is 1. The summed E-state index contributed by atoms with van der Waals surface area (Å²) in [5.74, 6) is -0.651. The van der Waals surface area contributed by atoms with E-state index < -0.39 is 11.5 Å². The molecule has 2 unspecified atom stereocenters. The first-order valence-corrected chi connectivity index (χ1v) is 6.56. The van der Waals surface area contributed by atoms with Crippen molar-refractivity contribution in [2.24, 2.45) is 0 Å². The van der Waals surface area contributed by atoms with Crippen LogP contribution in [-0.4, -0.2) is 34.1 Å². The van der Waals surface area contributed by atoms with Gasteiger partial charge in [-0.25, -0.2) is 0 Å². The van der Waals surface area contributed by atoms with Gasteiger partial charge in [-0.1, -0.05) is 20.3 Å². The summed E-state index contributed by atoms with van der Waals surface area (Å²) in [6, 6.07) is 0.436. The molecule has 94 valence electrons. The van der Waals surface area contributed by atoms with Gasteiger partial charge in [0, 0.05) is 6.04 Å². The number of carbonyl (C=O) groups is 1. The summed E-state index contributed by atoms with van der Waals surface area (Å²) in [6.45, 7) is 7.18. The molecule has 0 aromatic heterocycles. The second kappa shape index (κ2) is 5.67. The van der Waals surface area contributed by atoms with Gasteiger partial charge in [0.05, 0.1) is 0 Å². The van der Waals surface area contributed by atoms with Gasteiger partial charge in [-0.3, -0.25) is 9.69 Å². The van der Waals surface area contributed by atoms with E-state index in [1.54, 1.807) is 0 Å². The number of hydrogen-bond acceptors (Lipinski definition) is 2. The molecule has 3 heteroatoms. The lowest BCUT2D eigenvalue weighted by Crippen LogP contribution is -2.58. The van der Waals surface area contributed by atoms with Crippen molar-refractivity contribution in [3.05, 3.63) is 0 Å². The average Bonchev–Trinajstić information content (AvgIpc) is 2.27. The minimum Gasteiger partial charge on any atom is -0.480 e. The Morgan fingerprint density at radius 3 is 2.62 bits per heavy atom. The van der Waals surface area contributed by atoms with E-state index in [9.17, 15) is 9.90 Å². The lowest BCUT2D eigenvalue weighted by molar-refractivity contribution is -0.155. The van der Waals surface area contributed by atoms with Crippen LogP contribution in [0.4, 0.5) is 0 Å². The lowest BCUT2D eigenvalue weighted by atomic mass is 9.85. The van der Waals surface area contributed by atoms with Crippen molar-refractivity contribution in [2.75, 3.05) is 6.54 Å². The van der Waals surface area contributed by atoms with Crippen LogP contribution in [0.25, 0.3) is 0 Å². The second-order valence-corrected chi connectivity index (χ2v) is 5.08. The minimum atomic E-state index is -0.651. The molecular formula is C13H25NO2. The standard InChI is InChI=1S/C13H25NO2/c1-4-8-11(5-2)14-10-7-6-9-13(14,3)12(15)16/h11H,4-10H2,1-3H3,(H,15,16). The Kier molecular flexibility index (Phi) is 4.78. The molecule has 1 rings (SSSR count). The summed E-state index contributed by atoms with van der Waals surface area (Å²) in [6.07, 6.45) is 6.27. The largest absolute Gasteiger partial charge is 0.480 e. The fraction of sp³-hybridized carbons (Fsp3) is 0.923. The second-order valence-electron chi connectivity index (χ2n) is 5.08. The molecule has 0 aliphatic carbocycles. The third-order valence-electron chi connectivity index (χ3n) is 3.94. The van der Waals surface area contributed by atoms with Gasteiger partial charge >= 0.3 is 5.97 Å². The van der Waals surface area contributed by atoms with E-state index in [1.807, 2.05) is 6.92 Å². The smallest absolute Gasteiger partial charge is 0.323 e. The summed E-state index contributed by atoms with van der Waals surface area (Å²) in [5.41, 5.74) is -0.631. The normalized spacial score (nSPS) is 28.9. The van der Waals surface area contributed by atoms with Gasteiger partial charge < -0.3 is 5.11 Å². The Labute approximate surface area is 98.8 Å². The number of aliphatic carboxylic acids is 1. The number of rotatable bonds is 5. The summed E-state index contributed by atoms with van der Waals surface area (Å²) in [7, 11) is 0. The number of carboxylic acid groups (broad SMARTS) is 1. The summed E-state index contributed by atoms with van der Waals surface area (Å²) in [5, 5.41) is 9.44. The third-order valence-corrected chi connectivity index (χ3v) is 3.94. The fourth-order valence-electron chi connectivity index (χ4n) is 2.87. The van der Waals surface area contributed by atoms with Crippen molar-refractivity contribution >= 4 is 5.97 Å². The zero-order valence-electron chi connectivity index (χ0n) is 10.8. The average molecular weight is 227 g/mol. The maximum absolute atomic E-state index is 11.5. The number of likely N-dealkylation sites (tertiary alicyclic amines) is 1. The van der Waals surface area contributed by atoms with Gasteiger partial charge in [0.25, 0.3) is 0 Å². The number of piperidine rings is 1. The molecule has 1 aliphatic rings. The topological polar surface area (TPSA) is 40.5 Å². The van der Waals surface area contributed by atoms with Gasteiger partial charge in [0.2, 0.25) is 0 Å². The molecule has 0 saturated carbocycles. The molecule has 0 spiro atoms. The molecule has 16 heavy (non-hydrogen) atoms.